The number of hydrogen-bond acceptors (Lipinski definition) is 5. The molecule has 0 fully saturated rings. The molecule has 1 N–H and O–H groups in total. The lowest BCUT2D eigenvalue weighted by molar-refractivity contribution is 0.478. The molecule has 0 saturated carbocycles. The average molecular weight is 629 g/mol. The highest BCUT2D eigenvalue weighted by atomic mass is 16.3. The molecule has 5 nitrogen and oxygen atoms in total. The summed E-state index contributed by atoms with van der Waals surface area (Å²) in [6.45, 7) is 15.4. The van der Waals surface area contributed by atoms with Crippen LogP contribution in [0, 0.1) is 6.92 Å². The van der Waals surface area contributed by atoms with Crippen LogP contribution in [-0.4, -0.2) is 25.0 Å². The molecule has 0 unspecified atom stereocenters. The molecule has 0 saturated heterocycles. The van der Waals surface area contributed by atoms with Crippen LogP contribution in [0.25, 0.3) is 66.8 Å². The van der Waals surface area contributed by atoms with Gasteiger partial charge >= 0.3 is 0 Å². The summed E-state index contributed by atoms with van der Waals surface area (Å²) in [5.41, 5.74) is 11.6. The molecule has 7 rings (SSSR count). The Morgan fingerprint density at radius 1 is 0.479 bits per heavy atom. The van der Waals surface area contributed by atoms with Crippen molar-refractivity contribution in [3.8, 4) is 50.8 Å². The molecule has 0 atom stereocenters. The number of phenolic OH excluding ortho intramolecular Hbond substituents is 1. The molecular weight excluding hydrogens is 589 g/mol. The second-order valence-electron chi connectivity index (χ2n) is 14.6. The molecule has 7 aromatic rings. The monoisotopic (exact) mass is 628 g/mol. The molecule has 3 aromatic carbocycles. The summed E-state index contributed by atoms with van der Waals surface area (Å²) in [4.78, 5) is 19.8. The van der Waals surface area contributed by atoms with E-state index in [2.05, 4.69) is 108 Å². The summed E-state index contributed by atoms with van der Waals surface area (Å²) in [7, 11) is 0. The van der Waals surface area contributed by atoms with Gasteiger partial charge in [0.05, 0.1) is 33.8 Å². The van der Waals surface area contributed by atoms with Gasteiger partial charge in [-0.3, -0.25) is 9.97 Å². The van der Waals surface area contributed by atoms with Crippen molar-refractivity contribution in [2.24, 2.45) is 0 Å². The van der Waals surface area contributed by atoms with Gasteiger partial charge in [0.15, 0.2) is 0 Å². The molecule has 0 aliphatic heterocycles. The smallest absolute Gasteiger partial charge is 0.134 e. The maximum atomic E-state index is 11.7. The van der Waals surface area contributed by atoms with E-state index in [1.54, 1.807) is 6.20 Å². The minimum atomic E-state index is -0.153. The highest BCUT2D eigenvalue weighted by Crippen LogP contribution is 2.42. The number of rotatable bonds is 4. The van der Waals surface area contributed by atoms with Crippen molar-refractivity contribution in [3.63, 3.8) is 0 Å². The Bertz CT molecular complexity index is 2150. The zero-order valence-electron chi connectivity index (χ0n) is 28.6. The van der Waals surface area contributed by atoms with E-state index in [4.69, 9.17) is 15.0 Å². The summed E-state index contributed by atoms with van der Waals surface area (Å²) in [5, 5.41) is 13.7. The van der Waals surface area contributed by atoms with Gasteiger partial charge in [0.2, 0.25) is 0 Å². The first-order chi connectivity index (χ1) is 22.9. The van der Waals surface area contributed by atoms with Crippen molar-refractivity contribution in [1.29, 1.82) is 0 Å². The minimum absolute atomic E-state index is 0.0658. The van der Waals surface area contributed by atoms with Gasteiger partial charge in [0, 0.05) is 45.4 Å². The lowest BCUT2D eigenvalue weighted by Gasteiger charge is -2.23. The summed E-state index contributed by atoms with van der Waals surface area (Å²) in [6.07, 6.45) is 3.59. The lowest BCUT2D eigenvalue weighted by atomic mass is 9.82. The van der Waals surface area contributed by atoms with Gasteiger partial charge in [0.25, 0.3) is 0 Å². The van der Waals surface area contributed by atoms with E-state index in [9.17, 15) is 5.11 Å². The number of hydrogen-bond donors (Lipinski definition) is 1. The van der Waals surface area contributed by atoms with E-state index in [1.807, 2.05) is 48.7 Å². The molecule has 238 valence electrons. The second kappa shape index (κ2) is 11.7. The molecule has 0 amide bonds. The number of nitrogens with zero attached hydrogens (tertiary/aromatic N) is 4. The highest BCUT2D eigenvalue weighted by molar-refractivity contribution is 6.04. The molecule has 48 heavy (non-hydrogen) atoms. The number of phenols is 1. The van der Waals surface area contributed by atoms with Crippen LogP contribution in [0.1, 0.15) is 58.2 Å². The summed E-state index contributed by atoms with van der Waals surface area (Å²) < 4.78 is 0. The molecule has 0 spiro atoms. The van der Waals surface area contributed by atoms with E-state index < -0.39 is 0 Å². The van der Waals surface area contributed by atoms with Crippen LogP contribution < -0.4 is 0 Å². The van der Waals surface area contributed by atoms with Crippen molar-refractivity contribution < 1.29 is 5.11 Å². The number of aromatic nitrogens is 4. The molecule has 0 radical (unpaired) electrons. The van der Waals surface area contributed by atoms with Crippen LogP contribution in [0.4, 0.5) is 0 Å². The predicted octanol–water partition coefficient (Wildman–Crippen LogP) is 10.9. The molecule has 0 bridgehead atoms. The van der Waals surface area contributed by atoms with Crippen LogP contribution >= 0.6 is 0 Å². The van der Waals surface area contributed by atoms with E-state index in [1.165, 1.54) is 5.56 Å². The predicted molar refractivity (Wildman–Crippen MR) is 198 cm³/mol. The number of aromatic hydroxyl groups is 1. The Kier molecular flexibility index (Phi) is 7.59. The Labute approximate surface area is 282 Å². The molecule has 4 heterocycles. The topological polar surface area (TPSA) is 71.8 Å². The van der Waals surface area contributed by atoms with Crippen molar-refractivity contribution in [1.82, 2.24) is 19.9 Å². The zero-order valence-corrected chi connectivity index (χ0v) is 28.6. The Morgan fingerprint density at radius 3 is 1.33 bits per heavy atom. The fraction of sp³-hybridized carbons (Fsp3) is 0.209. The lowest BCUT2D eigenvalue weighted by Crippen LogP contribution is -2.12. The van der Waals surface area contributed by atoms with Gasteiger partial charge in [-0.25, -0.2) is 9.97 Å². The third-order valence-corrected chi connectivity index (χ3v) is 9.20. The molecule has 4 aromatic heterocycles. The van der Waals surface area contributed by atoms with E-state index in [0.717, 1.165) is 61.1 Å². The Hall–Kier alpha value is -5.42. The van der Waals surface area contributed by atoms with Crippen molar-refractivity contribution in [2.45, 2.75) is 59.3 Å². The Balaban J connectivity index is 1.45. The van der Waals surface area contributed by atoms with Crippen LogP contribution in [0.5, 0.6) is 5.75 Å². The van der Waals surface area contributed by atoms with E-state index >= 15 is 0 Å². The third kappa shape index (κ3) is 5.70. The fourth-order valence-corrected chi connectivity index (χ4v) is 6.25. The van der Waals surface area contributed by atoms with Gasteiger partial charge in [-0.1, -0.05) is 77.9 Å². The molecule has 0 aliphatic rings. The second-order valence-corrected chi connectivity index (χ2v) is 14.6. The van der Waals surface area contributed by atoms with Crippen LogP contribution in [0.15, 0.2) is 109 Å². The van der Waals surface area contributed by atoms with Crippen LogP contribution in [-0.2, 0) is 10.8 Å². The normalized spacial score (nSPS) is 12.1. The Morgan fingerprint density at radius 2 is 0.875 bits per heavy atom. The first-order valence-corrected chi connectivity index (χ1v) is 16.5. The minimum Gasteiger partial charge on any atom is -0.507 e. The number of pyridine rings is 4. The maximum absolute atomic E-state index is 11.7. The number of benzene rings is 3. The molecular formula is C43H40N4O. The van der Waals surface area contributed by atoms with Crippen molar-refractivity contribution in [3.05, 3.63) is 126 Å². The third-order valence-electron chi connectivity index (χ3n) is 9.20. The van der Waals surface area contributed by atoms with E-state index in [-0.39, 0.29) is 16.6 Å². The maximum Gasteiger partial charge on any atom is 0.134 e. The van der Waals surface area contributed by atoms with Crippen LogP contribution in [0.3, 0.4) is 0 Å². The largest absolute Gasteiger partial charge is 0.507 e. The van der Waals surface area contributed by atoms with Crippen molar-refractivity contribution >= 4 is 21.8 Å². The summed E-state index contributed by atoms with van der Waals surface area (Å²) >= 11 is 0. The summed E-state index contributed by atoms with van der Waals surface area (Å²) in [6, 6.07) is 32.9. The fourth-order valence-electron chi connectivity index (χ4n) is 6.25. The summed E-state index contributed by atoms with van der Waals surface area (Å²) in [5.74, 6) is 0.166. The average Bonchev–Trinajstić information content (AvgIpc) is 3.07. The molecule has 5 heteroatoms. The van der Waals surface area contributed by atoms with Gasteiger partial charge in [0.1, 0.15) is 5.75 Å². The van der Waals surface area contributed by atoms with Gasteiger partial charge < -0.3 is 5.11 Å². The first kappa shape index (κ1) is 31.2. The number of fused-ring (bicyclic) bond motifs is 3. The van der Waals surface area contributed by atoms with Crippen molar-refractivity contribution in [2.75, 3.05) is 0 Å². The van der Waals surface area contributed by atoms with Gasteiger partial charge in [-0.2, -0.15) is 0 Å². The standard InChI is InChI=1S/C43H40N4O/c1-26-31(35-12-8-10-20-44-35)22-29(42(2,3)4)23-32(26)37-18-16-27-14-15-28-17-19-38(47-40(28)39(27)46-37)34-25-30(43(5,6)7)24-33(41(34)48)36-13-9-11-21-45-36/h8-25,48H,1-7H3. The quantitative estimate of drug-likeness (QED) is 0.196. The van der Waals surface area contributed by atoms with Crippen LogP contribution in [0.2, 0.25) is 0 Å². The van der Waals surface area contributed by atoms with E-state index in [0.29, 0.717) is 16.8 Å². The van der Waals surface area contributed by atoms with Gasteiger partial charge in [-0.15, -0.1) is 0 Å². The first-order valence-electron chi connectivity index (χ1n) is 16.5. The highest BCUT2D eigenvalue weighted by Gasteiger charge is 2.23. The zero-order chi connectivity index (χ0) is 33.8. The van der Waals surface area contributed by atoms with Gasteiger partial charge in [-0.05, 0) is 95.1 Å². The SMILES string of the molecule is Cc1c(-c2ccccn2)cc(C(C)(C)C)cc1-c1ccc2ccc3ccc(-c4cc(C(C)(C)C)cc(-c5ccccn5)c4O)nc3c2n1. The molecule has 0 aliphatic carbocycles.